The summed E-state index contributed by atoms with van der Waals surface area (Å²) < 4.78 is 14.2. The molecule has 84 valence electrons. The molecular formula is C12H16BrFO. The summed E-state index contributed by atoms with van der Waals surface area (Å²) in [5, 5.41) is 9.05. The van der Waals surface area contributed by atoms with Crippen LogP contribution in [0.15, 0.2) is 16.6 Å². The van der Waals surface area contributed by atoms with E-state index >= 15 is 0 Å². The summed E-state index contributed by atoms with van der Waals surface area (Å²) in [7, 11) is 0. The van der Waals surface area contributed by atoms with Crippen LogP contribution < -0.4 is 0 Å². The van der Waals surface area contributed by atoms with Crippen molar-refractivity contribution >= 4 is 15.9 Å². The second-order valence-electron chi connectivity index (χ2n) is 4.14. The van der Waals surface area contributed by atoms with E-state index in [4.69, 9.17) is 5.11 Å². The Morgan fingerprint density at radius 2 is 1.93 bits per heavy atom. The second-order valence-corrected chi connectivity index (χ2v) is 5.00. The fourth-order valence-electron chi connectivity index (χ4n) is 1.42. The Morgan fingerprint density at radius 3 is 2.40 bits per heavy atom. The quantitative estimate of drug-likeness (QED) is 0.889. The number of hydrogen-bond acceptors (Lipinski definition) is 1. The first-order valence-electron chi connectivity index (χ1n) is 5.07. The van der Waals surface area contributed by atoms with Gasteiger partial charge < -0.3 is 5.11 Å². The predicted molar refractivity (Wildman–Crippen MR) is 63.7 cm³/mol. The third-order valence-electron chi connectivity index (χ3n) is 2.55. The van der Waals surface area contributed by atoms with Crippen LogP contribution in [0.3, 0.4) is 0 Å². The summed E-state index contributed by atoms with van der Waals surface area (Å²) >= 11 is 3.21. The first-order valence-corrected chi connectivity index (χ1v) is 5.86. The van der Waals surface area contributed by atoms with Gasteiger partial charge in [-0.15, -0.1) is 0 Å². The van der Waals surface area contributed by atoms with E-state index in [9.17, 15) is 4.39 Å². The Hall–Kier alpha value is -0.410. The van der Waals surface area contributed by atoms with Crippen molar-refractivity contribution in [2.24, 2.45) is 0 Å². The molecule has 1 unspecified atom stereocenters. The van der Waals surface area contributed by atoms with Crippen LogP contribution in [0.1, 0.15) is 43.7 Å². The van der Waals surface area contributed by atoms with Gasteiger partial charge in [0.15, 0.2) is 0 Å². The lowest BCUT2D eigenvalue weighted by atomic mass is 9.95. The summed E-state index contributed by atoms with van der Waals surface area (Å²) in [5.74, 6) is -0.0764. The van der Waals surface area contributed by atoms with Crippen molar-refractivity contribution in [1.82, 2.24) is 0 Å². The van der Waals surface area contributed by atoms with Gasteiger partial charge in [-0.2, -0.15) is 0 Å². The minimum Gasteiger partial charge on any atom is -0.396 e. The highest BCUT2D eigenvalue weighted by Gasteiger charge is 2.15. The van der Waals surface area contributed by atoms with Gasteiger partial charge in [0.25, 0.3) is 0 Å². The number of aliphatic hydroxyl groups excluding tert-OH is 1. The molecule has 0 radical (unpaired) electrons. The van der Waals surface area contributed by atoms with E-state index < -0.39 is 0 Å². The van der Waals surface area contributed by atoms with Crippen LogP contribution >= 0.6 is 15.9 Å². The van der Waals surface area contributed by atoms with Crippen molar-refractivity contribution in [3.05, 3.63) is 33.5 Å². The molecule has 0 fully saturated rings. The first kappa shape index (κ1) is 12.7. The molecule has 0 amide bonds. The van der Waals surface area contributed by atoms with Crippen LogP contribution in [-0.2, 0) is 0 Å². The molecular weight excluding hydrogens is 259 g/mol. The highest BCUT2D eigenvalue weighted by molar-refractivity contribution is 9.10. The van der Waals surface area contributed by atoms with Crippen molar-refractivity contribution in [2.45, 2.75) is 32.6 Å². The molecule has 1 rings (SSSR count). The molecule has 0 aliphatic rings. The van der Waals surface area contributed by atoms with Gasteiger partial charge in [-0.05, 0) is 39.0 Å². The Morgan fingerprint density at radius 1 is 1.33 bits per heavy atom. The average molecular weight is 275 g/mol. The van der Waals surface area contributed by atoms with Crippen LogP contribution in [0.2, 0.25) is 0 Å². The molecule has 1 nitrogen and oxygen atoms in total. The van der Waals surface area contributed by atoms with Crippen LogP contribution in [0.5, 0.6) is 0 Å². The molecule has 3 heteroatoms. The Bertz CT molecular complexity index is 350. The Kier molecular flexibility index (Phi) is 4.29. The van der Waals surface area contributed by atoms with Gasteiger partial charge in [-0.1, -0.05) is 26.8 Å². The minimum atomic E-state index is -0.263. The molecule has 0 heterocycles. The topological polar surface area (TPSA) is 20.2 Å². The largest absolute Gasteiger partial charge is 0.396 e. The normalized spacial score (nSPS) is 13.3. The maximum Gasteiger partial charge on any atom is 0.140 e. The zero-order valence-corrected chi connectivity index (χ0v) is 10.8. The second kappa shape index (κ2) is 5.08. The Labute approximate surface area is 98.4 Å². The average Bonchev–Trinajstić information content (AvgIpc) is 2.20. The van der Waals surface area contributed by atoms with E-state index in [1.54, 1.807) is 6.07 Å². The van der Waals surface area contributed by atoms with Crippen molar-refractivity contribution < 1.29 is 9.50 Å². The van der Waals surface area contributed by atoms with Gasteiger partial charge in [0, 0.05) is 12.5 Å². The minimum absolute atomic E-state index is 0.0368. The molecule has 0 saturated heterocycles. The van der Waals surface area contributed by atoms with E-state index in [0.29, 0.717) is 16.0 Å². The lowest BCUT2D eigenvalue weighted by Gasteiger charge is -2.15. The summed E-state index contributed by atoms with van der Waals surface area (Å²) in [5.41, 5.74) is 1.66. The third kappa shape index (κ3) is 2.79. The van der Waals surface area contributed by atoms with Crippen molar-refractivity contribution in [1.29, 1.82) is 0 Å². The smallest absolute Gasteiger partial charge is 0.140 e. The fraction of sp³-hybridized carbons (Fsp3) is 0.500. The fourth-order valence-corrected chi connectivity index (χ4v) is 1.92. The Balaban J connectivity index is 3.25. The third-order valence-corrected chi connectivity index (χ3v) is 3.13. The molecule has 15 heavy (non-hydrogen) atoms. The summed E-state index contributed by atoms with van der Waals surface area (Å²) in [6.45, 7) is 5.90. The highest BCUT2D eigenvalue weighted by atomic mass is 79.9. The summed E-state index contributed by atoms with van der Waals surface area (Å²) in [6, 6.07) is 3.64. The van der Waals surface area contributed by atoms with E-state index in [-0.39, 0.29) is 18.3 Å². The number of halogens is 2. The molecule has 0 spiro atoms. The zero-order valence-electron chi connectivity index (χ0n) is 9.22. The van der Waals surface area contributed by atoms with Crippen molar-refractivity contribution in [3.8, 4) is 0 Å². The highest BCUT2D eigenvalue weighted by Crippen LogP contribution is 2.29. The van der Waals surface area contributed by atoms with Crippen LogP contribution in [0, 0.1) is 5.82 Å². The predicted octanol–water partition coefficient (Wildman–Crippen LogP) is 3.81. The van der Waals surface area contributed by atoms with E-state index in [0.717, 1.165) is 5.56 Å². The van der Waals surface area contributed by atoms with Crippen molar-refractivity contribution in [2.75, 3.05) is 6.61 Å². The van der Waals surface area contributed by atoms with Gasteiger partial charge in [0.1, 0.15) is 5.82 Å². The first-order chi connectivity index (χ1) is 6.97. The number of hydrogen-bond donors (Lipinski definition) is 1. The maximum atomic E-state index is 13.7. The summed E-state index contributed by atoms with van der Waals surface area (Å²) in [4.78, 5) is 0. The molecule has 0 saturated carbocycles. The molecule has 1 aromatic rings. The number of aliphatic hydroxyl groups is 1. The lowest BCUT2D eigenvalue weighted by Crippen LogP contribution is -2.04. The van der Waals surface area contributed by atoms with Gasteiger partial charge in [-0.25, -0.2) is 4.39 Å². The summed E-state index contributed by atoms with van der Waals surface area (Å²) in [6.07, 6.45) is 0. The maximum absolute atomic E-state index is 13.7. The van der Waals surface area contributed by atoms with Crippen molar-refractivity contribution in [3.63, 3.8) is 0 Å². The number of benzene rings is 1. The van der Waals surface area contributed by atoms with E-state index in [1.807, 2.05) is 13.0 Å². The van der Waals surface area contributed by atoms with Crippen LogP contribution in [0.4, 0.5) is 4.39 Å². The van der Waals surface area contributed by atoms with Crippen LogP contribution in [0.25, 0.3) is 0 Å². The molecule has 1 aromatic carbocycles. The monoisotopic (exact) mass is 274 g/mol. The molecule has 1 atom stereocenters. The van der Waals surface area contributed by atoms with Gasteiger partial charge in [-0.3, -0.25) is 0 Å². The van der Waals surface area contributed by atoms with Gasteiger partial charge in [0.05, 0.1) is 4.47 Å². The molecule has 0 aromatic heterocycles. The SMILES string of the molecule is CC(C)c1cc(Br)c(F)c(C(C)CO)c1. The van der Waals surface area contributed by atoms with Gasteiger partial charge >= 0.3 is 0 Å². The molecule has 0 bridgehead atoms. The molecule has 0 aliphatic heterocycles. The lowest BCUT2D eigenvalue weighted by molar-refractivity contribution is 0.270. The number of rotatable bonds is 3. The molecule has 1 N–H and O–H groups in total. The van der Waals surface area contributed by atoms with Crippen LogP contribution in [-0.4, -0.2) is 11.7 Å². The van der Waals surface area contributed by atoms with E-state index in [1.165, 1.54) is 0 Å². The molecule has 0 aliphatic carbocycles. The van der Waals surface area contributed by atoms with Gasteiger partial charge in [0.2, 0.25) is 0 Å². The zero-order chi connectivity index (χ0) is 11.6. The standard InChI is InChI=1S/C12H16BrFO/c1-7(2)9-4-10(8(3)6-15)12(14)11(13)5-9/h4-5,7-8,15H,6H2,1-3H3. The van der Waals surface area contributed by atoms with E-state index in [2.05, 4.69) is 29.8 Å².